The van der Waals surface area contributed by atoms with Crippen LogP contribution in [-0.4, -0.2) is 21.9 Å². The summed E-state index contributed by atoms with van der Waals surface area (Å²) < 4.78 is 0. The van der Waals surface area contributed by atoms with E-state index >= 15 is 0 Å². The zero-order valence-corrected chi connectivity index (χ0v) is 15.6. The number of aromatic nitrogens is 2. The lowest BCUT2D eigenvalue weighted by Crippen LogP contribution is -2.31. The number of hydrogen-bond donors (Lipinski definition) is 2. The number of carbonyl (C=O) groups excluding carboxylic acids is 1. The molecule has 1 amide bonds. The molecule has 5 nitrogen and oxygen atoms in total. The van der Waals surface area contributed by atoms with Crippen LogP contribution < -0.4 is 11.1 Å². The van der Waals surface area contributed by atoms with Crippen molar-refractivity contribution in [1.82, 2.24) is 15.3 Å². The molecule has 1 fully saturated rings. The molecule has 132 valence electrons. The van der Waals surface area contributed by atoms with Crippen LogP contribution in [0.2, 0.25) is 0 Å². The first kappa shape index (κ1) is 20.8. The fraction of sp³-hybridized carbons (Fsp3) is 0.438. The average molecular weight is 389 g/mol. The topological polar surface area (TPSA) is 80.9 Å². The van der Waals surface area contributed by atoms with Crippen molar-refractivity contribution in [3.63, 3.8) is 0 Å². The molecule has 3 rings (SSSR count). The SMILES string of the molecule is Cl.Cl.N[C@@H]1CCC[C@H]1CC(=O)NCc1nc(-c2ccncc2)cs1. The van der Waals surface area contributed by atoms with Crippen molar-refractivity contribution >= 4 is 42.1 Å². The Hall–Kier alpha value is -1.21. The molecule has 0 spiro atoms. The monoisotopic (exact) mass is 388 g/mol. The second-order valence-electron chi connectivity index (χ2n) is 5.70. The molecule has 2 heterocycles. The molecule has 2 aromatic heterocycles. The Kier molecular flexibility index (Phi) is 8.62. The molecule has 2 aromatic rings. The van der Waals surface area contributed by atoms with Gasteiger partial charge in [0.05, 0.1) is 12.2 Å². The van der Waals surface area contributed by atoms with Gasteiger partial charge in [-0.25, -0.2) is 4.98 Å². The number of thiazole rings is 1. The number of nitrogens with two attached hydrogens (primary N) is 1. The molecule has 0 bridgehead atoms. The fourth-order valence-corrected chi connectivity index (χ4v) is 3.59. The molecule has 1 saturated carbocycles. The molecular weight excluding hydrogens is 367 g/mol. The predicted molar refractivity (Wildman–Crippen MR) is 102 cm³/mol. The van der Waals surface area contributed by atoms with E-state index in [1.54, 1.807) is 23.7 Å². The van der Waals surface area contributed by atoms with Gasteiger partial charge in [0.15, 0.2) is 0 Å². The van der Waals surface area contributed by atoms with Gasteiger partial charge >= 0.3 is 0 Å². The number of pyridine rings is 1. The Morgan fingerprint density at radius 2 is 2.04 bits per heavy atom. The van der Waals surface area contributed by atoms with Crippen molar-refractivity contribution in [2.45, 2.75) is 38.3 Å². The van der Waals surface area contributed by atoms with Gasteiger partial charge in [0.25, 0.3) is 0 Å². The van der Waals surface area contributed by atoms with E-state index < -0.39 is 0 Å². The third-order valence-electron chi connectivity index (χ3n) is 4.13. The number of nitrogens with one attached hydrogen (secondary N) is 1. The summed E-state index contributed by atoms with van der Waals surface area (Å²) in [5.74, 6) is 0.409. The maximum absolute atomic E-state index is 12.0. The van der Waals surface area contributed by atoms with Crippen LogP contribution in [0.4, 0.5) is 0 Å². The van der Waals surface area contributed by atoms with Gasteiger partial charge in [-0.05, 0) is 30.9 Å². The third kappa shape index (κ3) is 5.41. The van der Waals surface area contributed by atoms with E-state index in [2.05, 4.69) is 15.3 Å². The fourth-order valence-electron chi connectivity index (χ4n) is 2.85. The molecule has 1 aliphatic carbocycles. The number of hydrogen-bond acceptors (Lipinski definition) is 5. The van der Waals surface area contributed by atoms with E-state index in [1.807, 2.05) is 17.5 Å². The summed E-state index contributed by atoms with van der Waals surface area (Å²) in [6.45, 7) is 0.483. The van der Waals surface area contributed by atoms with Gasteiger partial charge in [-0.15, -0.1) is 36.2 Å². The Morgan fingerprint density at radius 3 is 2.71 bits per heavy atom. The van der Waals surface area contributed by atoms with Crippen LogP contribution in [0.1, 0.15) is 30.7 Å². The molecule has 3 N–H and O–H groups in total. The smallest absolute Gasteiger partial charge is 0.220 e. The molecule has 0 radical (unpaired) electrons. The highest BCUT2D eigenvalue weighted by Crippen LogP contribution is 2.26. The van der Waals surface area contributed by atoms with E-state index in [0.717, 1.165) is 35.5 Å². The van der Waals surface area contributed by atoms with Crippen LogP contribution >= 0.6 is 36.2 Å². The van der Waals surface area contributed by atoms with Crippen LogP contribution in [0.5, 0.6) is 0 Å². The average Bonchev–Trinajstić information content (AvgIpc) is 3.16. The van der Waals surface area contributed by atoms with Crippen molar-refractivity contribution in [3.05, 3.63) is 34.9 Å². The molecule has 24 heavy (non-hydrogen) atoms. The second kappa shape index (κ2) is 9.93. The van der Waals surface area contributed by atoms with Gasteiger partial charge in [-0.2, -0.15) is 0 Å². The minimum absolute atomic E-state index is 0. The molecule has 2 atom stereocenters. The van der Waals surface area contributed by atoms with Crippen molar-refractivity contribution in [2.24, 2.45) is 11.7 Å². The molecule has 0 unspecified atom stereocenters. The summed E-state index contributed by atoms with van der Waals surface area (Å²) in [6, 6.07) is 4.04. The lowest BCUT2D eigenvalue weighted by molar-refractivity contribution is -0.122. The number of carbonyl (C=O) groups is 1. The van der Waals surface area contributed by atoms with Crippen LogP contribution in [0.25, 0.3) is 11.3 Å². The lowest BCUT2D eigenvalue weighted by Gasteiger charge is -2.14. The van der Waals surface area contributed by atoms with Crippen molar-refractivity contribution in [3.8, 4) is 11.3 Å². The zero-order valence-electron chi connectivity index (χ0n) is 13.2. The van der Waals surface area contributed by atoms with Gasteiger partial charge in [-0.3, -0.25) is 9.78 Å². The van der Waals surface area contributed by atoms with E-state index in [0.29, 0.717) is 18.9 Å². The van der Waals surface area contributed by atoms with Gasteiger partial charge in [0, 0.05) is 35.8 Å². The highest BCUT2D eigenvalue weighted by Gasteiger charge is 2.25. The Morgan fingerprint density at radius 1 is 1.29 bits per heavy atom. The van der Waals surface area contributed by atoms with E-state index in [-0.39, 0.29) is 36.8 Å². The second-order valence-corrected chi connectivity index (χ2v) is 6.64. The van der Waals surface area contributed by atoms with Crippen LogP contribution in [-0.2, 0) is 11.3 Å². The van der Waals surface area contributed by atoms with E-state index in [4.69, 9.17) is 5.73 Å². The minimum atomic E-state index is 0. The lowest BCUT2D eigenvalue weighted by atomic mass is 10.00. The van der Waals surface area contributed by atoms with Crippen molar-refractivity contribution in [1.29, 1.82) is 0 Å². The Bertz CT molecular complexity index is 638. The third-order valence-corrected chi connectivity index (χ3v) is 4.98. The molecule has 0 aromatic carbocycles. The maximum atomic E-state index is 12.0. The van der Waals surface area contributed by atoms with Gasteiger partial charge in [0.2, 0.25) is 5.91 Å². The van der Waals surface area contributed by atoms with Crippen molar-refractivity contribution in [2.75, 3.05) is 0 Å². The van der Waals surface area contributed by atoms with Gasteiger partial charge in [0.1, 0.15) is 5.01 Å². The standard InChI is InChI=1S/C16H20N4OS.2ClH/c17-13-3-1-2-12(13)8-15(21)19-9-16-20-14(10-22-16)11-4-6-18-7-5-11;;/h4-7,10,12-13H,1-3,8-9,17H2,(H,19,21);2*1H/t12-,13+;;/m0../s1. The number of nitrogens with zero attached hydrogens (tertiary/aromatic N) is 2. The normalized spacial score (nSPS) is 19.2. The highest BCUT2D eigenvalue weighted by atomic mass is 35.5. The quantitative estimate of drug-likeness (QED) is 0.823. The first-order valence-electron chi connectivity index (χ1n) is 7.59. The summed E-state index contributed by atoms with van der Waals surface area (Å²) >= 11 is 1.56. The molecular formula is C16H22Cl2N4OS. The first-order chi connectivity index (χ1) is 10.7. The minimum Gasteiger partial charge on any atom is -0.350 e. The molecule has 8 heteroatoms. The van der Waals surface area contributed by atoms with Crippen LogP contribution in [0.3, 0.4) is 0 Å². The summed E-state index contributed by atoms with van der Waals surface area (Å²) in [5.41, 5.74) is 7.97. The highest BCUT2D eigenvalue weighted by molar-refractivity contribution is 7.09. The number of rotatable bonds is 5. The number of halogens is 2. The van der Waals surface area contributed by atoms with Crippen LogP contribution in [0.15, 0.2) is 29.9 Å². The van der Waals surface area contributed by atoms with Gasteiger partial charge < -0.3 is 11.1 Å². The maximum Gasteiger partial charge on any atom is 0.220 e. The molecule has 0 saturated heterocycles. The van der Waals surface area contributed by atoms with Crippen LogP contribution in [0, 0.1) is 5.92 Å². The first-order valence-corrected chi connectivity index (χ1v) is 8.47. The number of amides is 1. The zero-order chi connectivity index (χ0) is 15.4. The van der Waals surface area contributed by atoms with Gasteiger partial charge in [-0.1, -0.05) is 6.42 Å². The Labute approximate surface area is 158 Å². The summed E-state index contributed by atoms with van der Waals surface area (Å²) in [7, 11) is 0. The Balaban J connectivity index is 0.00000144. The molecule has 1 aliphatic rings. The van der Waals surface area contributed by atoms with E-state index in [1.165, 1.54) is 0 Å². The largest absolute Gasteiger partial charge is 0.350 e. The molecule has 0 aliphatic heterocycles. The van der Waals surface area contributed by atoms with Crippen molar-refractivity contribution < 1.29 is 4.79 Å². The summed E-state index contributed by atoms with van der Waals surface area (Å²) in [4.78, 5) is 20.5. The summed E-state index contributed by atoms with van der Waals surface area (Å²) in [5, 5.41) is 5.87. The summed E-state index contributed by atoms with van der Waals surface area (Å²) in [6.07, 6.45) is 7.28. The van der Waals surface area contributed by atoms with E-state index in [9.17, 15) is 4.79 Å². The predicted octanol–water partition coefficient (Wildman–Crippen LogP) is 3.18.